The molecule has 0 amide bonds. The Morgan fingerprint density at radius 2 is 1.81 bits per heavy atom. The van der Waals surface area contributed by atoms with Gasteiger partial charge in [0.15, 0.2) is 5.96 Å². The van der Waals surface area contributed by atoms with Crippen LogP contribution >= 0.6 is 11.3 Å². The third-order valence-electron chi connectivity index (χ3n) is 5.08. The number of hydrogen-bond donors (Lipinski definition) is 3. The number of para-hydroxylation sites is 1. The van der Waals surface area contributed by atoms with Crippen LogP contribution in [0.25, 0.3) is 10.4 Å². The number of guanidine groups is 1. The molecule has 1 atom stereocenters. The first-order chi connectivity index (χ1) is 15.5. The third kappa shape index (κ3) is 5.78. The number of hydrogen-bond acceptors (Lipinski definition) is 4. The maximum absolute atomic E-state index is 6.64. The van der Waals surface area contributed by atoms with E-state index in [2.05, 4.69) is 59.8 Å². The molecule has 166 valence electrons. The average molecular weight is 447 g/mol. The van der Waals surface area contributed by atoms with Crippen LogP contribution in [0.5, 0.6) is 5.75 Å². The highest BCUT2D eigenvalue weighted by atomic mass is 32.1. The normalized spacial score (nSPS) is 19.1. The van der Waals surface area contributed by atoms with Crippen molar-refractivity contribution in [1.29, 1.82) is 0 Å². The van der Waals surface area contributed by atoms with E-state index in [4.69, 9.17) is 10.5 Å². The van der Waals surface area contributed by atoms with Gasteiger partial charge >= 0.3 is 0 Å². The molecule has 6 heteroatoms. The van der Waals surface area contributed by atoms with Crippen molar-refractivity contribution in [3.05, 3.63) is 89.4 Å². The molecule has 0 saturated heterocycles. The Balaban J connectivity index is 1.47. The van der Waals surface area contributed by atoms with Gasteiger partial charge in [-0.25, -0.2) is 0 Å². The van der Waals surface area contributed by atoms with Gasteiger partial charge in [-0.2, -0.15) is 0 Å². The molecular weight excluding hydrogens is 416 g/mol. The van der Waals surface area contributed by atoms with Crippen LogP contribution in [0, 0.1) is 5.92 Å². The van der Waals surface area contributed by atoms with Gasteiger partial charge in [-0.15, -0.1) is 11.3 Å². The number of benzene rings is 2. The molecule has 4 N–H and O–H groups in total. The van der Waals surface area contributed by atoms with Crippen molar-refractivity contribution in [3.63, 3.8) is 0 Å². The Bertz CT molecular complexity index is 1090. The molecule has 1 aromatic heterocycles. The Labute approximate surface area is 194 Å². The minimum atomic E-state index is -0.674. The van der Waals surface area contributed by atoms with Crippen LogP contribution in [-0.2, 0) is 13.0 Å². The van der Waals surface area contributed by atoms with Crippen molar-refractivity contribution < 1.29 is 4.74 Å². The largest absolute Gasteiger partial charge is 0.488 e. The lowest BCUT2D eigenvalue weighted by Crippen LogP contribution is -2.61. The van der Waals surface area contributed by atoms with Gasteiger partial charge in [-0.05, 0) is 41.8 Å². The number of nitrogens with two attached hydrogens (primary N) is 1. The van der Waals surface area contributed by atoms with Crippen LogP contribution in [0.2, 0.25) is 0 Å². The number of ether oxygens (including phenoxy) is 1. The van der Waals surface area contributed by atoms with Gasteiger partial charge in [0.2, 0.25) is 0 Å². The summed E-state index contributed by atoms with van der Waals surface area (Å²) in [4.78, 5) is 6.94. The Morgan fingerprint density at radius 1 is 1.03 bits per heavy atom. The summed E-state index contributed by atoms with van der Waals surface area (Å²) < 4.78 is 6.15. The Kier molecular flexibility index (Phi) is 6.93. The van der Waals surface area contributed by atoms with Gasteiger partial charge < -0.3 is 21.1 Å². The zero-order valence-corrected chi connectivity index (χ0v) is 19.4. The fourth-order valence-corrected chi connectivity index (χ4v) is 4.61. The lowest BCUT2D eigenvalue weighted by molar-refractivity contribution is 0.307. The standard InChI is InChI=1S/C26H30N4OS/c1-19(2)17-29-25-28-15-14-26(27,30-25)16-21-12-13-24(32-21)22-10-6-7-11-23(22)31-18-20-8-4-3-5-9-20/h3-15,19H,16-18,27H2,1-2H3,(H2,28,29,30). The van der Waals surface area contributed by atoms with E-state index in [0.717, 1.165) is 29.4 Å². The molecule has 1 aliphatic rings. The van der Waals surface area contributed by atoms with E-state index >= 15 is 0 Å². The highest BCUT2D eigenvalue weighted by molar-refractivity contribution is 7.15. The van der Waals surface area contributed by atoms with E-state index in [1.54, 1.807) is 11.3 Å². The molecule has 0 aliphatic carbocycles. The zero-order chi connectivity index (χ0) is 22.4. The van der Waals surface area contributed by atoms with Crippen molar-refractivity contribution in [2.45, 2.75) is 32.5 Å². The Morgan fingerprint density at radius 3 is 2.62 bits per heavy atom. The first kappa shape index (κ1) is 22.1. The van der Waals surface area contributed by atoms with Crippen molar-refractivity contribution in [2.24, 2.45) is 16.6 Å². The molecule has 1 aliphatic heterocycles. The van der Waals surface area contributed by atoms with Gasteiger partial charge in [0.05, 0.1) is 0 Å². The second-order valence-corrected chi connectivity index (χ2v) is 9.61. The highest BCUT2D eigenvalue weighted by Gasteiger charge is 2.27. The second-order valence-electron chi connectivity index (χ2n) is 8.44. The monoisotopic (exact) mass is 446 g/mol. The summed E-state index contributed by atoms with van der Waals surface area (Å²) in [5.74, 6) is 2.10. The maximum Gasteiger partial charge on any atom is 0.197 e. The van der Waals surface area contributed by atoms with Crippen LogP contribution in [0.15, 0.2) is 84.0 Å². The minimum Gasteiger partial charge on any atom is -0.488 e. The molecule has 2 aromatic carbocycles. The van der Waals surface area contributed by atoms with Crippen LogP contribution in [-0.4, -0.2) is 18.2 Å². The summed E-state index contributed by atoms with van der Waals surface area (Å²) in [6.07, 6.45) is 4.50. The molecule has 0 radical (unpaired) electrons. The summed E-state index contributed by atoms with van der Waals surface area (Å²) in [6, 6.07) is 22.7. The quantitative estimate of drug-likeness (QED) is 0.460. The van der Waals surface area contributed by atoms with Crippen LogP contribution < -0.4 is 21.1 Å². The van der Waals surface area contributed by atoms with Gasteiger partial charge in [0, 0.05) is 34.5 Å². The lowest BCUT2D eigenvalue weighted by atomic mass is 10.1. The zero-order valence-electron chi connectivity index (χ0n) is 18.5. The van der Waals surface area contributed by atoms with Crippen molar-refractivity contribution in [1.82, 2.24) is 10.6 Å². The number of thiophene rings is 1. The summed E-state index contributed by atoms with van der Waals surface area (Å²) in [6.45, 7) is 5.59. The SMILES string of the molecule is CC(C)CN=C1NC=CC(N)(Cc2ccc(-c3ccccc3OCc3ccccc3)s2)N1. The topological polar surface area (TPSA) is 71.7 Å². The molecule has 0 bridgehead atoms. The molecule has 3 aromatic rings. The van der Waals surface area contributed by atoms with Crippen molar-refractivity contribution >= 4 is 17.3 Å². The molecular formula is C26H30N4OS. The number of nitrogens with one attached hydrogen (secondary N) is 2. The summed E-state index contributed by atoms with van der Waals surface area (Å²) in [5, 5.41) is 6.49. The molecule has 0 saturated carbocycles. The number of rotatable bonds is 8. The number of nitrogens with zero attached hydrogens (tertiary/aromatic N) is 1. The van der Waals surface area contributed by atoms with Crippen molar-refractivity contribution in [2.75, 3.05) is 6.54 Å². The molecule has 5 nitrogen and oxygen atoms in total. The van der Waals surface area contributed by atoms with E-state index in [0.29, 0.717) is 18.9 Å². The van der Waals surface area contributed by atoms with E-state index in [9.17, 15) is 0 Å². The van der Waals surface area contributed by atoms with Gasteiger partial charge in [0.25, 0.3) is 0 Å². The fourth-order valence-electron chi connectivity index (χ4n) is 3.47. The smallest absolute Gasteiger partial charge is 0.197 e. The van der Waals surface area contributed by atoms with Crippen LogP contribution in [0.1, 0.15) is 24.3 Å². The molecule has 2 heterocycles. The van der Waals surface area contributed by atoms with E-state index in [-0.39, 0.29) is 0 Å². The van der Waals surface area contributed by atoms with E-state index in [1.807, 2.05) is 48.7 Å². The van der Waals surface area contributed by atoms with Gasteiger partial charge in [-0.3, -0.25) is 4.99 Å². The fraction of sp³-hybridized carbons (Fsp3) is 0.269. The highest BCUT2D eigenvalue weighted by Crippen LogP contribution is 2.36. The van der Waals surface area contributed by atoms with Gasteiger partial charge in [-0.1, -0.05) is 56.3 Å². The van der Waals surface area contributed by atoms with E-state index in [1.165, 1.54) is 9.75 Å². The third-order valence-corrected chi connectivity index (χ3v) is 6.20. The maximum atomic E-state index is 6.64. The molecule has 1 unspecified atom stereocenters. The first-order valence-corrected chi connectivity index (χ1v) is 11.7. The molecule has 0 fully saturated rings. The molecule has 32 heavy (non-hydrogen) atoms. The van der Waals surface area contributed by atoms with Crippen LogP contribution in [0.4, 0.5) is 0 Å². The minimum absolute atomic E-state index is 0.494. The van der Waals surface area contributed by atoms with E-state index < -0.39 is 5.66 Å². The first-order valence-electron chi connectivity index (χ1n) is 10.9. The van der Waals surface area contributed by atoms with Gasteiger partial charge in [0.1, 0.15) is 18.0 Å². The predicted molar refractivity (Wildman–Crippen MR) is 134 cm³/mol. The molecule has 4 rings (SSSR count). The summed E-state index contributed by atoms with van der Waals surface area (Å²) in [5.41, 5.74) is 8.21. The lowest BCUT2D eigenvalue weighted by Gasteiger charge is -2.32. The summed E-state index contributed by atoms with van der Waals surface area (Å²) in [7, 11) is 0. The second kappa shape index (κ2) is 10.0. The average Bonchev–Trinajstić information content (AvgIpc) is 3.25. The Hall–Kier alpha value is -3.09. The van der Waals surface area contributed by atoms with Crippen molar-refractivity contribution in [3.8, 4) is 16.2 Å². The summed E-state index contributed by atoms with van der Waals surface area (Å²) >= 11 is 1.74. The van der Waals surface area contributed by atoms with Crippen LogP contribution in [0.3, 0.4) is 0 Å². The predicted octanol–water partition coefficient (Wildman–Crippen LogP) is 4.91. The number of aliphatic imine (C=N–C) groups is 1. The molecule has 0 spiro atoms.